The van der Waals surface area contributed by atoms with E-state index in [1.54, 1.807) is 24.3 Å². The van der Waals surface area contributed by atoms with Gasteiger partial charge < -0.3 is 14.2 Å². The number of benzene rings is 1. The Morgan fingerprint density at radius 1 is 1.38 bits per heavy atom. The molecule has 2 aromatic rings. The summed E-state index contributed by atoms with van der Waals surface area (Å²) in [7, 11) is 1.50. The average Bonchev–Trinajstić information content (AvgIpc) is 3.24. The van der Waals surface area contributed by atoms with Crippen molar-refractivity contribution in [3.05, 3.63) is 51.8 Å². The third-order valence-corrected chi connectivity index (χ3v) is 3.99. The fourth-order valence-corrected chi connectivity index (χ4v) is 2.72. The average molecular weight is 340 g/mol. The second-order valence-corrected chi connectivity index (χ2v) is 5.62. The van der Waals surface area contributed by atoms with Crippen LogP contribution in [-0.4, -0.2) is 25.6 Å². The van der Waals surface area contributed by atoms with Crippen LogP contribution in [0.3, 0.4) is 0 Å². The van der Waals surface area contributed by atoms with Crippen LogP contribution in [0.15, 0.2) is 46.4 Å². The highest BCUT2D eigenvalue weighted by atomic mass is 32.1. The van der Waals surface area contributed by atoms with Crippen LogP contribution in [0, 0.1) is 11.3 Å². The zero-order valence-corrected chi connectivity index (χ0v) is 13.5. The molecule has 2 heterocycles. The van der Waals surface area contributed by atoms with Crippen molar-refractivity contribution in [1.82, 2.24) is 0 Å². The van der Waals surface area contributed by atoms with Gasteiger partial charge in [0, 0.05) is 0 Å². The van der Waals surface area contributed by atoms with Crippen molar-refractivity contribution in [2.45, 2.75) is 0 Å². The molecule has 120 valence electrons. The lowest BCUT2D eigenvalue weighted by atomic mass is 10.1. The van der Waals surface area contributed by atoms with Gasteiger partial charge in [-0.25, -0.2) is 9.79 Å². The molecule has 0 spiro atoms. The highest BCUT2D eigenvalue weighted by Gasteiger charge is 2.24. The van der Waals surface area contributed by atoms with E-state index in [9.17, 15) is 4.79 Å². The number of esters is 1. The van der Waals surface area contributed by atoms with Crippen LogP contribution in [0.25, 0.3) is 6.08 Å². The Hall–Kier alpha value is -3.11. The summed E-state index contributed by atoms with van der Waals surface area (Å²) in [4.78, 5) is 17.0. The standard InChI is InChI=1S/C17H12N2O4S/c1-21-14-10-11(4-5-13(14)22-7-6-18)9-12-17(20)23-16(19-12)15-3-2-8-24-15/h2-5,8-10H,7H2,1H3/b12-9-. The smallest absolute Gasteiger partial charge is 0.363 e. The fourth-order valence-electron chi connectivity index (χ4n) is 2.08. The van der Waals surface area contributed by atoms with Crippen molar-refractivity contribution in [3.8, 4) is 17.6 Å². The summed E-state index contributed by atoms with van der Waals surface area (Å²) in [5, 5.41) is 10.5. The van der Waals surface area contributed by atoms with E-state index in [4.69, 9.17) is 19.5 Å². The van der Waals surface area contributed by atoms with Crippen LogP contribution in [0.1, 0.15) is 10.4 Å². The Morgan fingerprint density at radius 3 is 2.96 bits per heavy atom. The van der Waals surface area contributed by atoms with Gasteiger partial charge in [0.25, 0.3) is 0 Å². The molecule has 0 fully saturated rings. The maximum Gasteiger partial charge on any atom is 0.363 e. The predicted molar refractivity (Wildman–Crippen MR) is 89.0 cm³/mol. The number of nitriles is 1. The van der Waals surface area contributed by atoms with Crippen LogP contribution < -0.4 is 9.47 Å². The molecular formula is C17H12N2O4S. The van der Waals surface area contributed by atoms with Crippen molar-refractivity contribution < 1.29 is 19.0 Å². The van der Waals surface area contributed by atoms with Crippen molar-refractivity contribution in [3.63, 3.8) is 0 Å². The van der Waals surface area contributed by atoms with Gasteiger partial charge in [-0.2, -0.15) is 5.26 Å². The zero-order valence-electron chi connectivity index (χ0n) is 12.7. The maximum absolute atomic E-state index is 12.0. The Kier molecular flexibility index (Phi) is 4.59. The van der Waals surface area contributed by atoms with Crippen LogP contribution in [0.2, 0.25) is 0 Å². The molecule has 0 unspecified atom stereocenters. The van der Waals surface area contributed by atoms with Gasteiger partial charge in [-0.1, -0.05) is 12.1 Å². The molecule has 0 amide bonds. The van der Waals surface area contributed by atoms with Crippen LogP contribution in [0.5, 0.6) is 11.5 Å². The lowest BCUT2D eigenvalue weighted by Crippen LogP contribution is -2.03. The maximum atomic E-state index is 12.0. The first-order valence-corrected chi connectivity index (χ1v) is 7.83. The van der Waals surface area contributed by atoms with Crippen molar-refractivity contribution in [2.24, 2.45) is 4.99 Å². The third-order valence-electron chi connectivity index (χ3n) is 3.14. The Balaban J connectivity index is 1.88. The van der Waals surface area contributed by atoms with Gasteiger partial charge >= 0.3 is 5.97 Å². The van der Waals surface area contributed by atoms with Gasteiger partial charge in [0.1, 0.15) is 6.07 Å². The van der Waals surface area contributed by atoms with Crippen LogP contribution in [0.4, 0.5) is 0 Å². The molecule has 0 atom stereocenters. The zero-order chi connectivity index (χ0) is 16.9. The number of thiophene rings is 1. The van der Waals surface area contributed by atoms with Gasteiger partial charge in [0.05, 0.1) is 12.0 Å². The number of aliphatic imine (C=N–C) groups is 1. The van der Waals surface area contributed by atoms with Crippen LogP contribution in [-0.2, 0) is 9.53 Å². The van der Waals surface area contributed by atoms with Crippen molar-refractivity contribution >= 4 is 29.3 Å². The quantitative estimate of drug-likeness (QED) is 0.617. The Labute approximate surface area is 142 Å². The topological polar surface area (TPSA) is 80.9 Å². The van der Waals surface area contributed by atoms with E-state index >= 15 is 0 Å². The number of hydrogen-bond acceptors (Lipinski definition) is 7. The predicted octanol–water partition coefficient (Wildman–Crippen LogP) is 3.00. The second kappa shape index (κ2) is 6.98. The number of carbonyl (C=O) groups excluding carboxylic acids is 1. The minimum atomic E-state index is -0.498. The summed E-state index contributed by atoms with van der Waals surface area (Å²) in [6.45, 7) is -0.0718. The number of cyclic esters (lactones) is 1. The van der Waals surface area contributed by atoms with Crippen molar-refractivity contribution in [1.29, 1.82) is 5.26 Å². The first-order valence-electron chi connectivity index (χ1n) is 6.95. The van der Waals surface area contributed by atoms with E-state index < -0.39 is 5.97 Å². The molecule has 3 rings (SSSR count). The molecule has 0 saturated carbocycles. The summed E-state index contributed by atoms with van der Waals surface area (Å²) >= 11 is 1.45. The summed E-state index contributed by atoms with van der Waals surface area (Å²) in [5.41, 5.74) is 0.922. The second-order valence-electron chi connectivity index (χ2n) is 4.67. The van der Waals surface area contributed by atoms with E-state index in [-0.39, 0.29) is 12.3 Å². The number of methoxy groups -OCH3 is 1. The van der Waals surface area contributed by atoms with E-state index in [2.05, 4.69) is 4.99 Å². The highest BCUT2D eigenvalue weighted by molar-refractivity contribution is 7.12. The monoisotopic (exact) mass is 340 g/mol. The van der Waals surface area contributed by atoms with Gasteiger partial charge in [0.2, 0.25) is 5.90 Å². The largest absolute Gasteiger partial charge is 0.493 e. The fraction of sp³-hybridized carbons (Fsp3) is 0.118. The molecule has 1 aliphatic heterocycles. The summed E-state index contributed by atoms with van der Waals surface area (Å²) < 4.78 is 15.7. The summed E-state index contributed by atoms with van der Waals surface area (Å²) in [6, 6.07) is 10.7. The molecule has 24 heavy (non-hydrogen) atoms. The number of ether oxygens (including phenoxy) is 3. The SMILES string of the molecule is COc1cc(/C=C2\N=C(c3cccs3)OC2=O)ccc1OCC#N. The molecule has 1 aromatic carbocycles. The lowest BCUT2D eigenvalue weighted by molar-refractivity contribution is -0.129. The first kappa shape index (κ1) is 15.8. The number of rotatable bonds is 5. The minimum absolute atomic E-state index is 0.0718. The molecule has 1 aliphatic rings. The van der Waals surface area contributed by atoms with Crippen molar-refractivity contribution in [2.75, 3.05) is 13.7 Å². The van der Waals surface area contributed by atoms with E-state index in [1.807, 2.05) is 23.6 Å². The van der Waals surface area contributed by atoms with E-state index in [0.717, 1.165) is 4.88 Å². The third kappa shape index (κ3) is 3.29. The minimum Gasteiger partial charge on any atom is -0.493 e. The van der Waals surface area contributed by atoms with Gasteiger partial charge in [0.15, 0.2) is 23.8 Å². The molecule has 6 nitrogen and oxygen atoms in total. The lowest BCUT2D eigenvalue weighted by Gasteiger charge is -2.08. The highest BCUT2D eigenvalue weighted by Crippen LogP contribution is 2.30. The van der Waals surface area contributed by atoms with Gasteiger partial charge in [-0.05, 0) is 35.2 Å². The van der Waals surface area contributed by atoms with E-state index in [1.165, 1.54) is 18.4 Å². The molecule has 0 saturated heterocycles. The van der Waals surface area contributed by atoms with E-state index in [0.29, 0.717) is 23.0 Å². The number of hydrogen-bond donors (Lipinski definition) is 0. The van der Waals surface area contributed by atoms with Crippen LogP contribution >= 0.6 is 11.3 Å². The number of nitrogens with zero attached hydrogens (tertiary/aromatic N) is 2. The first-order chi connectivity index (χ1) is 11.7. The molecule has 0 N–H and O–H groups in total. The Morgan fingerprint density at radius 2 is 2.25 bits per heavy atom. The number of carbonyl (C=O) groups is 1. The molecule has 1 aromatic heterocycles. The Bertz CT molecular complexity index is 863. The molecule has 0 bridgehead atoms. The summed E-state index contributed by atoms with van der Waals surface area (Å²) in [5.74, 6) is 0.732. The normalized spacial score (nSPS) is 14.9. The summed E-state index contributed by atoms with van der Waals surface area (Å²) in [6.07, 6.45) is 1.61. The molecular weight excluding hydrogens is 328 g/mol. The van der Waals surface area contributed by atoms with Gasteiger partial charge in [-0.15, -0.1) is 11.3 Å². The molecule has 0 aliphatic carbocycles. The molecule has 0 radical (unpaired) electrons. The molecule has 7 heteroatoms. The van der Waals surface area contributed by atoms with Gasteiger partial charge in [-0.3, -0.25) is 0 Å².